The van der Waals surface area contributed by atoms with Crippen molar-refractivity contribution in [1.29, 1.82) is 0 Å². The predicted octanol–water partition coefficient (Wildman–Crippen LogP) is 4.99. The Bertz CT molecular complexity index is 1290. The third-order valence-electron chi connectivity index (χ3n) is 5.84. The summed E-state index contributed by atoms with van der Waals surface area (Å²) in [6.45, 7) is 1.15. The largest absolute Gasteiger partial charge is 0.455 e. The Kier molecular flexibility index (Phi) is 5.37. The van der Waals surface area contributed by atoms with Crippen LogP contribution in [-0.4, -0.2) is 33.6 Å². The summed E-state index contributed by atoms with van der Waals surface area (Å²) in [7, 11) is 0. The number of carbonyl (C=O) groups is 1. The molecule has 7 heteroatoms. The molecule has 2 amide bonds. The maximum Gasteiger partial charge on any atom is 0.326 e. The number of nitrogens with one attached hydrogen (secondary N) is 2. The number of urea groups is 1. The number of piperidine rings is 1. The Morgan fingerprint density at radius 1 is 0.906 bits per heavy atom. The van der Waals surface area contributed by atoms with Crippen molar-refractivity contribution >= 4 is 22.8 Å². The normalized spacial score (nSPS) is 14.4. The minimum absolute atomic E-state index is 0.0661. The highest BCUT2D eigenvalue weighted by atomic mass is 16.5. The first kappa shape index (κ1) is 19.9. The summed E-state index contributed by atoms with van der Waals surface area (Å²) >= 11 is 0. The van der Waals surface area contributed by atoms with Gasteiger partial charge in [-0.1, -0.05) is 42.5 Å². The van der Waals surface area contributed by atoms with Crippen molar-refractivity contribution in [3.05, 3.63) is 89.3 Å². The average Bonchev–Trinajstić information content (AvgIpc) is 3.17. The summed E-state index contributed by atoms with van der Waals surface area (Å²) in [6, 6.07) is 24.5. The molecule has 7 nitrogen and oxygen atoms in total. The van der Waals surface area contributed by atoms with Gasteiger partial charge in [0.05, 0.1) is 16.7 Å². The first-order chi connectivity index (χ1) is 15.7. The monoisotopic (exact) mass is 428 g/mol. The molecule has 1 aliphatic heterocycles. The number of aromatic nitrogens is 2. The summed E-state index contributed by atoms with van der Waals surface area (Å²) in [5, 5.41) is 2.98. The summed E-state index contributed by atoms with van der Waals surface area (Å²) in [5.74, 6) is 1.30. The molecule has 1 fully saturated rings. The second-order valence-corrected chi connectivity index (χ2v) is 7.88. The van der Waals surface area contributed by atoms with Crippen LogP contribution in [0.1, 0.15) is 18.9 Å². The van der Waals surface area contributed by atoms with Gasteiger partial charge in [0.15, 0.2) is 5.75 Å². The van der Waals surface area contributed by atoms with E-state index in [0.717, 1.165) is 23.9 Å². The van der Waals surface area contributed by atoms with Crippen molar-refractivity contribution in [3.63, 3.8) is 0 Å². The quantitative estimate of drug-likeness (QED) is 0.481. The van der Waals surface area contributed by atoms with Gasteiger partial charge in [0.25, 0.3) is 0 Å². The molecule has 3 aromatic carbocycles. The van der Waals surface area contributed by atoms with E-state index >= 15 is 0 Å². The molecule has 2 N–H and O–H groups in total. The van der Waals surface area contributed by atoms with E-state index in [9.17, 15) is 9.59 Å². The Labute approximate surface area is 185 Å². The van der Waals surface area contributed by atoms with Crippen LogP contribution < -0.4 is 15.7 Å². The number of aromatic amines is 1. The minimum atomic E-state index is -0.168. The lowest BCUT2D eigenvalue weighted by Crippen LogP contribution is -2.42. The maximum atomic E-state index is 12.9. The highest BCUT2D eigenvalue weighted by Gasteiger charge is 2.26. The Morgan fingerprint density at radius 3 is 2.41 bits per heavy atom. The smallest absolute Gasteiger partial charge is 0.326 e. The van der Waals surface area contributed by atoms with Gasteiger partial charge in [0.2, 0.25) is 0 Å². The third kappa shape index (κ3) is 3.97. The van der Waals surface area contributed by atoms with Crippen molar-refractivity contribution in [2.45, 2.75) is 18.9 Å². The molecule has 5 rings (SSSR count). The maximum absolute atomic E-state index is 12.9. The molecular weight excluding hydrogens is 404 g/mol. The number of para-hydroxylation sites is 5. The molecule has 0 saturated carbocycles. The van der Waals surface area contributed by atoms with Crippen molar-refractivity contribution in [1.82, 2.24) is 14.5 Å². The fourth-order valence-electron chi connectivity index (χ4n) is 4.23. The zero-order valence-corrected chi connectivity index (χ0v) is 17.5. The zero-order chi connectivity index (χ0) is 21.9. The van der Waals surface area contributed by atoms with Gasteiger partial charge >= 0.3 is 11.7 Å². The molecule has 0 radical (unpaired) electrons. The van der Waals surface area contributed by atoms with Crippen molar-refractivity contribution in [2.75, 3.05) is 18.4 Å². The standard InChI is InChI=1S/C25H24N4O3/c30-24(27-21-11-5-7-13-23(21)32-19-8-2-1-3-9-19)28-16-14-18(15-17-28)29-22-12-6-4-10-20(22)26-25(29)31/h1-13,18H,14-17H2,(H,26,31)(H,27,30). The van der Waals surface area contributed by atoms with Crippen LogP contribution in [-0.2, 0) is 0 Å². The molecular formula is C25H24N4O3. The number of hydrogen-bond acceptors (Lipinski definition) is 3. The van der Waals surface area contributed by atoms with Gasteiger partial charge in [-0.2, -0.15) is 0 Å². The summed E-state index contributed by atoms with van der Waals surface area (Å²) < 4.78 is 7.77. The van der Waals surface area contributed by atoms with Crippen LogP contribution >= 0.6 is 0 Å². The van der Waals surface area contributed by atoms with Crippen LogP contribution in [0.15, 0.2) is 83.7 Å². The van der Waals surface area contributed by atoms with Crippen LogP contribution in [0.2, 0.25) is 0 Å². The number of fused-ring (bicyclic) bond motifs is 1. The van der Waals surface area contributed by atoms with E-state index in [1.165, 1.54) is 0 Å². The lowest BCUT2D eigenvalue weighted by atomic mass is 10.0. The Balaban J connectivity index is 1.26. The number of likely N-dealkylation sites (tertiary alicyclic amines) is 1. The van der Waals surface area contributed by atoms with Gasteiger partial charge in [-0.3, -0.25) is 4.57 Å². The van der Waals surface area contributed by atoms with Crippen molar-refractivity contribution < 1.29 is 9.53 Å². The molecule has 2 heterocycles. The molecule has 162 valence electrons. The molecule has 0 spiro atoms. The second-order valence-electron chi connectivity index (χ2n) is 7.88. The van der Waals surface area contributed by atoms with Gasteiger partial charge in [-0.05, 0) is 49.2 Å². The van der Waals surface area contributed by atoms with E-state index in [2.05, 4.69) is 10.3 Å². The number of benzene rings is 3. The van der Waals surface area contributed by atoms with Gasteiger partial charge in [-0.15, -0.1) is 0 Å². The number of anilines is 1. The predicted molar refractivity (Wildman–Crippen MR) is 124 cm³/mol. The van der Waals surface area contributed by atoms with E-state index in [-0.39, 0.29) is 17.8 Å². The van der Waals surface area contributed by atoms with Crippen molar-refractivity contribution in [2.24, 2.45) is 0 Å². The zero-order valence-electron chi connectivity index (χ0n) is 17.5. The van der Waals surface area contributed by atoms with Gasteiger partial charge in [0, 0.05) is 19.1 Å². The molecule has 4 aromatic rings. The molecule has 1 aromatic heterocycles. The van der Waals surface area contributed by atoms with E-state index in [1.54, 1.807) is 4.90 Å². The van der Waals surface area contributed by atoms with Gasteiger partial charge in [0.1, 0.15) is 5.75 Å². The molecule has 32 heavy (non-hydrogen) atoms. The Hall–Kier alpha value is -4.00. The van der Waals surface area contributed by atoms with Crippen LogP contribution in [0.4, 0.5) is 10.5 Å². The molecule has 0 atom stereocenters. The lowest BCUT2D eigenvalue weighted by molar-refractivity contribution is 0.184. The number of nitrogens with zero attached hydrogens (tertiary/aromatic N) is 2. The number of rotatable bonds is 4. The number of amides is 2. The first-order valence-corrected chi connectivity index (χ1v) is 10.8. The van der Waals surface area contributed by atoms with Crippen molar-refractivity contribution in [3.8, 4) is 11.5 Å². The van der Waals surface area contributed by atoms with E-state index in [0.29, 0.717) is 30.3 Å². The summed E-state index contributed by atoms with van der Waals surface area (Å²) in [4.78, 5) is 30.1. The van der Waals surface area contributed by atoms with Gasteiger partial charge in [-0.25, -0.2) is 9.59 Å². The van der Waals surface area contributed by atoms with Crippen LogP contribution in [0.25, 0.3) is 11.0 Å². The second kappa shape index (κ2) is 8.63. The number of H-pyrrole nitrogens is 1. The Morgan fingerprint density at radius 2 is 1.59 bits per heavy atom. The summed E-state index contributed by atoms with van der Waals surface area (Å²) in [6.07, 6.45) is 1.44. The highest BCUT2D eigenvalue weighted by molar-refractivity contribution is 5.91. The average molecular weight is 428 g/mol. The fraction of sp³-hybridized carbons (Fsp3) is 0.200. The first-order valence-electron chi connectivity index (χ1n) is 10.8. The molecule has 0 aliphatic carbocycles. The van der Waals surface area contributed by atoms with Gasteiger partial charge < -0.3 is 19.9 Å². The fourth-order valence-corrected chi connectivity index (χ4v) is 4.23. The summed E-state index contributed by atoms with van der Waals surface area (Å²) in [5.41, 5.74) is 2.28. The highest BCUT2D eigenvalue weighted by Crippen LogP contribution is 2.30. The topological polar surface area (TPSA) is 79.4 Å². The lowest BCUT2D eigenvalue weighted by Gasteiger charge is -2.32. The third-order valence-corrected chi connectivity index (χ3v) is 5.84. The molecule has 0 bridgehead atoms. The van der Waals surface area contributed by atoms with E-state index in [4.69, 9.17) is 4.74 Å². The van der Waals surface area contributed by atoms with Crippen LogP contribution in [0, 0.1) is 0 Å². The van der Waals surface area contributed by atoms with Crippen LogP contribution in [0.5, 0.6) is 11.5 Å². The number of ether oxygens (including phenoxy) is 1. The number of hydrogen-bond donors (Lipinski definition) is 2. The van der Waals surface area contributed by atoms with E-state index < -0.39 is 0 Å². The number of imidazole rings is 1. The van der Waals surface area contributed by atoms with Crippen LogP contribution in [0.3, 0.4) is 0 Å². The molecule has 0 unspecified atom stereocenters. The number of carbonyl (C=O) groups excluding carboxylic acids is 1. The van der Waals surface area contributed by atoms with E-state index in [1.807, 2.05) is 83.4 Å². The molecule has 1 aliphatic rings. The molecule has 1 saturated heterocycles. The minimum Gasteiger partial charge on any atom is -0.455 e. The SMILES string of the molecule is O=C(Nc1ccccc1Oc1ccccc1)N1CCC(n2c(=O)[nH]c3ccccc32)CC1.